The molecule has 0 bridgehead atoms. The van der Waals surface area contributed by atoms with Crippen molar-refractivity contribution >= 4 is 15.7 Å². The first-order valence-electron chi connectivity index (χ1n) is 7.43. The molecule has 0 aliphatic carbocycles. The molecule has 1 amide bonds. The first-order valence-corrected chi connectivity index (χ1v) is 9.15. The van der Waals surface area contributed by atoms with Crippen LogP contribution in [0.3, 0.4) is 0 Å². The van der Waals surface area contributed by atoms with Crippen LogP contribution in [0.1, 0.15) is 12.3 Å². The number of sulfone groups is 1. The Labute approximate surface area is 138 Å². The SMILES string of the molecule is O=C(C[C@H]1C=CS(=O)(=O)C1)NCCc1nc(-c2ccccn2)no1. The summed E-state index contributed by atoms with van der Waals surface area (Å²) >= 11 is 0. The highest BCUT2D eigenvalue weighted by Gasteiger charge is 2.23. The number of aromatic nitrogens is 3. The molecule has 8 nitrogen and oxygen atoms in total. The molecule has 0 spiro atoms. The average Bonchev–Trinajstić information content (AvgIpc) is 3.15. The number of allylic oxidation sites excluding steroid dienone is 1. The smallest absolute Gasteiger partial charge is 0.228 e. The number of rotatable bonds is 6. The van der Waals surface area contributed by atoms with E-state index in [1.54, 1.807) is 24.4 Å². The highest BCUT2D eigenvalue weighted by Crippen LogP contribution is 2.18. The van der Waals surface area contributed by atoms with Gasteiger partial charge < -0.3 is 9.84 Å². The minimum absolute atomic E-state index is 0.00247. The zero-order valence-electron chi connectivity index (χ0n) is 12.8. The Kier molecular flexibility index (Phi) is 4.70. The van der Waals surface area contributed by atoms with Crippen LogP contribution >= 0.6 is 0 Å². The summed E-state index contributed by atoms with van der Waals surface area (Å²) in [6.45, 7) is 0.339. The number of hydrogen-bond donors (Lipinski definition) is 1. The predicted molar refractivity (Wildman–Crippen MR) is 85.3 cm³/mol. The molecule has 0 radical (unpaired) electrons. The standard InChI is InChI=1S/C15H16N4O4S/c20-13(9-11-5-8-24(21,22)10-11)17-7-4-14-18-15(19-23-14)12-3-1-2-6-16-12/h1-3,5-6,8,11H,4,7,9-10H2,(H,17,20)/t11-/m1/s1. The number of carbonyl (C=O) groups excluding carboxylic acids is 1. The lowest BCUT2D eigenvalue weighted by atomic mass is 10.1. The van der Waals surface area contributed by atoms with Crippen molar-refractivity contribution in [3.05, 3.63) is 41.8 Å². The van der Waals surface area contributed by atoms with Crippen molar-refractivity contribution in [2.45, 2.75) is 12.8 Å². The molecule has 1 N–H and O–H groups in total. The van der Waals surface area contributed by atoms with Gasteiger partial charge in [-0.05, 0) is 12.1 Å². The van der Waals surface area contributed by atoms with Crippen molar-refractivity contribution in [2.24, 2.45) is 5.92 Å². The zero-order chi connectivity index (χ0) is 17.0. The van der Waals surface area contributed by atoms with E-state index >= 15 is 0 Å². The maximum absolute atomic E-state index is 11.8. The van der Waals surface area contributed by atoms with E-state index in [4.69, 9.17) is 4.52 Å². The van der Waals surface area contributed by atoms with Crippen LogP contribution in [-0.2, 0) is 21.1 Å². The molecule has 3 rings (SSSR count). The highest BCUT2D eigenvalue weighted by molar-refractivity contribution is 7.94. The molecule has 9 heteroatoms. The molecule has 2 aromatic rings. The summed E-state index contributed by atoms with van der Waals surface area (Å²) in [5.74, 6) is 0.343. The molecule has 0 unspecified atom stereocenters. The van der Waals surface area contributed by atoms with Crippen molar-refractivity contribution in [3.63, 3.8) is 0 Å². The van der Waals surface area contributed by atoms with Crippen molar-refractivity contribution < 1.29 is 17.7 Å². The van der Waals surface area contributed by atoms with Crippen molar-refractivity contribution in [2.75, 3.05) is 12.3 Å². The number of hydrogen-bond acceptors (Lipinski definition) is 7. The quantitative estimate of drug-likeness (QED) is 0.818. The third kappa shape index (κ3) is 4.25. The molecule has 0 fully saturated rings. The Morgan fingerprint density at radius 3 is 2.96 bits per heavy atom. The van der Waals surface area contributed by atoms with Gasteiger partial charge in [-0.15, -0.1) is 0 Å². The predicted octanol–water partition coefficient (Wildman–Crippen LogP) is 0.739. The Morgan fingerprint density at radius 1 is 1.38 bits per heavy atom. The molecule has 3 heterocycles. The van der Waals surface area contributed by atoms with Gasteiger partial charge in [0, 0.05) is 36.9 Å². The maximum Gasteiger partial charge on any atom is 0.228 e. The molecule has 24 heavy (non-hydrogen) atoms. The molecule has 0 saturated heterocycles. The van der Waals surface area contributed by atoms with E-state index in [0.29, 0.717) is 30.4 Å². The molecule has 0 aromatic carbocycles. The number of nitrogens with one attached hydrogen (secondary N) is 1. The lowest BCUT2D eigenvalue weighted by Crippen LogP contribution is -2.28. The molecular formula is C15H16N4O4S. The van der Waals surface area contributed by atoms with Gasteiger partial charge in [-0.2, -0.15) is 4.98 Å². The van der Waals surface area contributed by atoms with Gasteiger partial charge in [0.25, 0.3) is 0 Å². The fourth-order valence-electron chi connectivity index (χ4n) is 2.34. The second-order valence-electron chi connectivity index (χ2n) is 5.45. The van der Waals surface area contributed by atoms with Crippen LogP contribution in [0, 0.1) is 5.92 Å². The number of pyridine rings is 1. The fourth-order valence-corrected chi connectivity index (χ4v) is 3.74. The van der Waals surface area contributed by atoms with Crippen LogP contribution in [0.2, 0.25) is 0 Å². The summed E-state index contributed by atoms with van der Waals surface area (Å²) in [5, 5.41) is 7.74. The number of amides is 1. The van der Waals surface area contributed by atoms with E-state index in [2.05, 4.69) is 20.4 Å². The van der Waals surface area contributed by atoms with Crippen LogP contribution in [0.25, 0.3) is 11.5 Å². The van der Waals surface area contributed by atoms with Crippen LogP contribution < -0.4 is 5.32 Å². The largest absolute Gasteiger partial charge is 0.356 e. The van der Waals surface area contributed by atoms with E-state index < -0.39 is 9.84 Å². The van der Waals surface area contributed by atoms with E-state index in [-0.39, 0.29) is 24.0 Å². The molecule has 1 aliphatic rings. The van der Waals surface area contributed by atoms with E-state index in [1.807, 2.05) is 6.07 Å². The van der Waals surface area contributed by atoms with E-state index in [1.165, 1.54) is 5.41 Å². The van der Waals surface area contributed by atoms with Crippen molar-refractivity contribution in [1.29, 1.82) is 0 Å². The van der Waals surface area contributed by atoms with E-state index in [0.717, 1.165) is 0 Å². The molecule has 0 saturated carbocycles. The van der Waals surface area contributed by atoms with Gasteiger partial charge in [-0.1, -0.05) is 17.3 Å². The van der Waals surface area contributed by atoms with Gasteiger partial charge in [0.1, 0.15) is 5.69 Å². The lowest BCUT2D eigenvalue weighted by Gasteiger charge is -2.06. The monoisotopic (exact) mass is 348 g/mol. The Balaban J connectivity index is 1.44. The summed E-state index contributed by atoms with van der Waals surface area (Å²) in [5.41, 5.74) is 0.616. The number of nitrogens with zero attached hydrogens (tertiary/aromatic N) is 3. The highest BCUT2D eigenvalue weighted by atomic mass is 32.2. The van der Waals surface area contributed by atoms with E-state index in [9.17, 15) is 13.2 Å². The third-order valence-corrected chi connectivity index (χ3v) is 4.94. The van der Waals surface area contributed by atoms with Gasteiger partial charge in [0.15, 0.2) is 9.84 Å². The van der Waals surface area contributed by atoms with Gasteiger partial charge in [0.2, 0.25) is 17.6 Å². The van der Waals surface area contributed by atoms with Crippen LogP contribution in [0.5, 0.6) is 0 Å². The second-order valence-corrected chi connectivity index (χ2v) is 7.38. The molecule has 1 atom stereocenters. The van der Waals surface area contributed by atoms with Gasteiger partial charge in [0.05, 0.1) is 5.75 Å². The Morgan fingerprint density at radius 2 is 2.25 bits per heavy atom. The van der Waals surface area contributed by atoms with Crippen molar-refractivity contribution in [3.8, 4) is 11.5 Å². The topological polar surface area (TPSA) is 115 Å². The average molecular weight is 348 g/mol. The van der Waals surface area contributed by atoms with Crippen LogP contribution in [0.15, 0.2) is 40.4 Å². The summed E-state index contributed by atoms with van der Waals surface area (Å²) in [6.07, 6.45) is 3.75. The van der Waals surface area contributed by atoms with Gasteiger partial charge in [-0.25, -0.2) is 8.42 Å². The third-order valence-electron chi connectivity index (χ3n) is 3.48. The minimum Gasteiger partial charge on any atom is -0.356 e. The lowest BCUT2D eigenvalue weighted by molar-refractivity contribution is -0.121. The van der Waals surface area contributed by atoms with Gasteiger partial charge in [-0.3, -0.25) is 9.78 Å². The zero-order valence-corrected chi connectivity index (χ0v) is 13.6. The molecule has 1 aliphatic heterocycles. The summed E-state index contributed by atoms with van der Waals surface area (Å²) in [7, 11) is -3.13. The summed E-state index contributed by atoms with van der Waals surface area (Å²) in [4.78, 5) is 20.2. The minimum atomic E-state index is -3.13. The normalized spacial score (nSPS) is 18.6. The first-order chi connectivity index (χ1) is 11.5. The molecule has 126 valence electrons. The summed E-state index contributed by atoms with van der Waals surface area (Å²) < 4.78 is 27.7. The van der Waals surface area contributed by atoms with Crippen LogP contribution in [-0.4, -0.2) is 41.7 Å². The Hall–Kier alpha value is -2.55. The fraction of sp³-hybridized carbons (Fsp3) is 0.333. The first kappa shape index (κ1) is 16.3. The molecule has 2 aromatic heterocycles. The maximum atomic E-state index is 11.8. The molecular weight excluding hydrogens is 332 g/mol. The van der Waals surface area contributed by atoms with Crippen molar-refractivity contribution in [1.82, 2.24) is 20.4 Å². The summed E-state index contributed by atoms with van der Waals surface area (Å²) in [6, 6.07) is 5.40. The number of carbonyl (C=O) groups is 1. The van der Waals surface area contributed by atoms with Gasteiger partial charge >= 0.3 is 0 Å². The van der Waals surface area contributed by atoms with Crippen LogP contribution in [0.4, 0.5) is 0 Å². The second kappa shape index (κ2) is 6.91. The Bertz CT molecular complexity index is 845.